The molecule has 1 aliphatic rings. The van der Waals surface area contributed by atoms with Gasteiger partial charge in [0.2, 0.25) is 10.0 Å². The molecule has 3 aromatic rings. The van der Waals surface area contributed by atoms with E-state index in [1.54, 1.807) is 30.5 Å². The maximum absolute atomic E-state index is 12.4. The third kappa shape index (κ3) is 4.24. The van der Waals surface area contributed by atoms with Gasteiger partial charge in [-0.1, -0.05) is 52.3 Å². The largest absolute Gasteiger partial charge is 0.271 e. The molecule has 0 saturated heterocycles. The Hall–Kier alpha value is -2.71. The summed E-state index contributed by atoms with van der Waals surface area (Å²) in [6.07, 6.45) is 4.75. The number of hydrogen-bond donors (Lipinski definition) is 1. The number of hydrazone groups is 1. The van der Waals surface area contributed by atoms with Crippen molar-refractivity contribution in [1.29, 1.82) is 0 Å². The molecule has 0 aromatic heterocycles. The molecule has 0 heterocycles. The average Bonchev–Trinajstić information content (AvgIpc) is 3.12. The molecule has 0 unspecified atom stereocenters. The smallest absolute Gasteiger partial charge is 0.260 e. The van der Waals surface area contributed by atoms with Crippen molar-refractivity contribution in [2.24, 2.45) is 5.10 Å². The van der Waals surface area contributed by atoms with E-state index in [1.165, 1.54) is 16.5 Å². The third-order valence-electron chi connectivity index (χ3n) is 5.09. The van der Waals surface area contributed by atoms with Crippen molar-refractivity contribution >= 4 is 54.5 Å². The number of aryl methyl sites for hydroxylation is 2. The Morgan fingerprint density at radius 1 is 1.13 bits per heavy atom. The van der Waals surface area contributed by atoms with Gasteiger partial charge in [-0.15, -0.1) is 0 Å². The van der Waals surface area contributed by atoms with Crippen LogP contribution in [-0.4, -0.2) is 33.3 Å². The van der Waals surface area contributed by atoms with Gasteiger partial charge in [-0.3, -0.25) is 9.10 Å². The second-order valence-corrected chi connectivity index (χ2v) is 10.0. The molecule has 0 fully saturated rings. The lowest BCUT2D eigenvalue weighted by molar-refractivity contribution is -0.119. The van der Waals surface area contributed by atoms with Gasteiger partial charge < -0.3 is 0 Å². The van der Waals surface area contributed by atoms with Crippen LogP contribution in [0.4, 0.5) is 5.69 Å². The Morgan fingerprint density at radius 3 is 2.60 bits per heavy atom. The summed E-state index contributed by atoms with van der Waals surface area (Å²) in [5.41, 5.74) is 6.41. The van der Waals surface area contributed by atoms with Crippen molar-refractivity contribution in [1.82, 2.24) is 5.43 Å². The molecule has 0 spiro atoms. The van der Waals surface area contributed by atoms with Gasteiger partial charge in [0.15, 0.2) is 0 Å². The van der Waals surface area contributed by atoms with Gasteiger partial charge in [0, 0.05) is 10.0 Å². The van der Waals surface area contributed by atoms with E-state index >= 15 is 0 Å². The molecule has 0 radical (unpaired) electrons. The van der Waals surface area contributed by atoms with Crippen molar-refractivity contribution in [2.75, 3.05) is 17.1 Å². The van der Waals surface area contributed by atoms with Gasteiger partial charge in [-0.25, -0.2) is 13.8 Å². The maximum Gasteiger partial charge on any atom is 0.260 e. The van der Waals surface area contributed by atoms with Crippen LogP contribution >= 0.6 is 15.9 Å². The highest BCUT2D eigenvalue weighted by atomic mass is 79.9. The SMILES string of the molecule is CS(=O)(=O)N(CC(=O)N/N=C\c1ccc2c3c(cccc13)CC2)c1cccc(Br)c1. The van der Waals surface area contributed by atoms with Crippen LogP contribution < -0.4 is 9.73 Å². The number of nitrogens with one attached hydrogen (secondary N) is 1. The molecule has 30 heavy (non-hydrogen) atoms. The maximum atomic E-state index is 12.4. The van der Waals surface area contributed by atoms with Crippen LogP contribution in [0.1, 0.15) is 16.7 Å². The first kappa shape index (κ1) is 20.6. The van der Waals surface area contributed by atoms with Crippen LogP contribution in [0.3, 0.4) is 0 Å². The van der Waals surface area contributed by atoms with E-state index < -0.39 is 15.9 Å². The van der Waals surface area contributed by atoms with Gasteiger partial charge >= 0.3 is 0 Å². The number of benzene rings is 3. The summed E-state index contributed by atoms with van der Waals surface area (Å²) in [5, 5.41) is 6.44. The third-order valence-corrected chi connectivity index (χ3v) is 6.72. The average molecular weight is 486 g/mol. The Morgan fingerprint density at radius 2 is 1.87 bits per heavy atom. The molecule has 6 nitrogen and oxygen atoms in total. The lowest BCUT2D eigenvalue weighted by Crippen LogP contribution is -2.39. The van der Waals surface area contributed by atoms with Crippen molar-refractivity contribution < 1.29 is 13.2 Å². The van der Waals surface area contributed by atoms with E-state index in [-0.39, 0.29) is 6.54 Å². The number of rotatable bonds is 6. The van der Waals surface area contributed by atoms with Crippen LogP contribution in [0.2, 0.25) is 0 Å². The van der Waals surface area contributed by atoms with Crippen LogP contribution in [0.15, 0.2) is 64.2 Å². The number of nitrogens with zero attached hydrogens (tertiary/aromatic N) is 2. The summed E-state index contributed by atoms with van der Waals surface area (Å²) < 4.78 is 26.1. The van der Waals surface area contributed by atoms with Crippen molar-refractivity contribution in [3.05, 3.63) is 75.8 Å². The number of amides is 1. The zero-order chi connectivity index (χ0) is 21.3. The fraction of sp³-hybridized carbons (Fsp3) is 0.182. The molecular weight excluding hydrogens is 466 g/mol. The quantitative estimate of drug-likeness (QED) is 0.427. The number of anilines is 1. The predicted molar refractivity (Wildman–Crippen MR) is 123 cm³/mol. The summed E-state index contributed by atoms with van der Waals surface area (Å²) in [7, 11) is -3.64. The lowest BCUT2D eigenvalue weighted by Gasteiger charge is -2.21. The highest BCUT2D eigenvalue weighted by Gasteiger charge is 2.21. The minimum absolute atomic E-state index is 0.365. The standard InChI is InChI=1S/C22H20BrN3O3S/c1-30(28,29)26(19-6-3-5-18(23)12-19)14-21(27)25-24-13-17-11-10-16-9-8-15-4-2-7-20(17)22(15)16/h2-7,10-13H,8-9,14H2,1H3,(H,25,27)/b24-13-. The number of sulfonamides is 1. The fourth-order valence-electron chi connectivity index (χ4n) is 3.75. The van der Waals surface area contributed by atoms with Crippen molar-refractivity contribution in [3.8, 4) is 0 Å². The van der Waals surface area contributed by atoms with Gasteiger partial charge in [-0.05, 0) is 52.9 Å². The zero-order valence-corrected chi connectivity index (χ0v) is 18.7. The van der Waals surface area contributed by atoms with Gasteiger partial charge in [0.1, 0.15) is 6.54 Å². The summed E-state index contributed by atoms with van der Waals surface area (Å²) in [5.74, 6) is -0.525. The monoisotopic (exact) mass is 485 g/mol. The van der Waals surface area contributed by atoms with Crippen LogP contribution in [0.5, 0.6) is 0 Å². The molecule has 3 aromatic carbocycles. The van der Waals surface area contributed by atoms with Crippen molar-refractivity contribution in [3.63, 3.8) is 0 Å². The molecule has 1 N–H and O–H groups in total. The number of carbonyl (C=O) groups excluding carboxylic acids is 1. The fourth-order valence-corrected chi connectivity index (χ4v) is 4.99. The van der Waals surface area contributed by atoms with Crippen molar-refractivity contribution in [2.45, 2.75) is 12.8 Å². The van der Waals surface area contributed by atoms with Crippen LogP contribution in [0, 0.1) is 0 Å². The molecule has 154 valence electrons. The van der Waals surface area contributed by atoms with Gasteiger partial charge in [-0.2, -0.15) is 5.10 Å². The van der Waals surface area contributed by atoms with E-state index in [4.69, 9.17) is 0 Å². The Kier molecular flexibility index (Phi) is 5.62. The predicted octanol–water partition coefficient (Wildman–Crippen LogP) is 3.62. The molecule has 1 amide bonds. The second-order valence-electron chi connectivity index (χ2n) is 7.20. The molecule has 0 atom stereocenters. The summed E-state index contributed by atoms with van der Waals surface area (Å²) in [6, 6.07) is 17.1. The Balaban J connectivity index is 1.51. The lowest BCUT2D eigenvalue weighted by atomic mass is 10.0. The van der Waals surface area contributed by atoms with E-state index in [0.29, 0.717) is 5.69 Å². The highest BCUT2D eigenvalue weighted by molar-refractivity contribution is 9.10. The molecule has 0 saturated carbocycles. The molecule has 8 heteroatoms. The van der Waals surface area contributed by atoms with Gasteiger partial charge in [0.25, 0.3) is 5.91 Å². The van der Waals surface area contributed by atoms with E-state index in [1.807, 2.05) is 12.1 Å². The van der Waals surface area contributed by atoms with E-state index in [2.05, 4.69) is 44.7 Å². The first-order valence-electron chi connectivity index (χ1n) is 9.41. The van der Waals surface area contributed by atoms with Crippen LogP contribution in [-0.2, 0) is 27.7 Å². The summed E-state index contributed by atoms with van der Waals surface area (Å²) in [6.45, 7) is -0.365. The molecular formula is C22H20BrN3O3S. The zero-order valence-electron chi connectivity index (χ0n) is 16.3. The molecule has 0 aliphatic heterocycles. The molecule has 1 aliphatic carbocycles. The summed E-state index contributed by atoms with van der Waals surface area (Å²) in [4.78, 5) is 12.4. The van der Waals surface area contributed by atoms with E-state index in [9.17, 15) is 13.2 Å². The normalized spacial score (nSPS) is 13.1. The van der Waals surface area contributed by atoms with Crippen LogP contribution in [0.25, 0.3) is 10.8 Å². The Labute approximate surface area is 183 Å². The number of halogens is 1. The molecule has 4 rings (SSSR count). The van der Waals surface area contributed by atoms with E-state index in [0.717, 1.165) is 38.8 Å². The highest BCUT2D eigenvalue weighted by Crippen LogP contribution is 2.32. The van der Waals surface area contributed by atoms with Gasteiger partial charge in [0.05, 0.1) is 18.2 Å². The first-order valence-corrected chi connectivity index (χ1v) is 12.1. The Bertz CT molecular complexity index is 1260. The number of hydrogen-bond acceptors (Lipinski definition) is 4. The minimum Gasteiger partial charge on any atom is -0.271 e. The molecule has 0 bridgehead atoms. The second kappa shape index (κ2) is 8.20. The first-order chi connectivity index (χ1) is 14.3. The summed E-state index contributed by atoms with van der Waals surface area (Å²) >= 11 is 3.32. The number of carbonyl (C=O) groups is 1. The topological polar surface area (TPSA) is 78.8 Å². The minimum atomic E-state index is -3.64.